The van der Waals surface area contributed by atoms with E-state index in [1.807, 2.05) is 6.07 Å². The van der Waals surface area contributed by atoms with Gasteiger partial charge in [-0.3, -0.25) is 4.79 Å². The highest BCUT2D eigenvalue weighted by Gasteiger charge is 2.03. The Morgan fingerprint density at radius 2 is 2.17 bits per heavy atom. The molecule has 0 aromatic carbocycles. The minimum absolute atomic E-state index is 0.124. The lowest BCUT2D eigenvalue weighted by Crippen LogP contribution is -2.11. The predicted octanol–water partition coefficient (Wildman–Crippen LogP) is 2.28. The zero-order valence-corrected chi connectivity index (χ0v) is 9.61. The van der Waals surface area contributed by atoms with E-state index in [0.717, 1.165) is 9.30 Å². The van der Waals surface area contributed by atoms with Gasteiger partial charge < -0.3 is 0 Å². The Bertz CT molecular complexity index is 490. The van der Waals surface area contributed by atoms with Gasteiger partial charge in [-0.1, -0.05) is 27.3 Å². The molecule has 12 heavy (non-hydrogen) atoms. The van der Waals surface area contributed by atoms with Gasteiger partial charge in [0.15, 0.2) is 3.92 Å². The third-order valence-corrected chi connectivity index (χ3v) is 3.16. The van der Waals surface area contributed by atoms with Crippen molar-refractivity contribution in [3.05, 3.63) is 30.9 Å². The molecule has 0 spiro atoms. The van der Waals surface area contributed by atoms with Crippen molar-refractivity contribution < 1.29 is 0 Å². The van der Waals surface area contributed by atoms with Gasteiger partial charge in [-0.15, -0.1) is 5.10 Å². The fourth-order valence-corrected chi connectivity index (χ4v) is 2.78. The lowest BCUT2D eigenvalue weighted by atomic mass is 10.5. The molecule has 0 bridgehead atoms. The van der Waals surface area contributed by atoms with E-state index in [1.165, 1.54) is 21.9 Å². The number of fused-ring (bicyclic) bond motifs is 1. The van der Waals surface area contributed by atoms with E-state index in [9.17, 15) is 4.79 Å². The quantitative estimate of drug-likeness (QED) is 0.748. The number of hydrogen-bond acceptors (Lipinski definition) is 3. The number of rotatable bonds is 0. The highest BCUT2D eigenvalue weighted by molar-refractivity contribution is 9.11. The van der Waals surface area contributed by atoms with E-state index < -0.39 is 0 Å². The molecule has 2 rings (SSSR count). The average Bonchev–Trinajstić information content (AvgIpc) is 2.29. The van der Waals surface area contributed by atoms with Crippen LogP contribution in [0.1, 0.15) is 0 Å². The van der Waals surface area contributed by atoms with Crippen LogP contribution in [-0.2, 0) is 0 Å². The topological polar surface area (TPSA) is 34.4 Å². The maximum Gasteiger partial charge on any atom is 0.273 e. The molecule has 0 radical (unpaired) electrons. The molecule has 2 heterocycles. The first-order valence-electron chi connectivity index (χ1n) is 3.02. The number of aromatic nitrogens is 2. The predicted molar refractivity (Wildman–Crippen MR) is 54.7 cm³/mol. The van der Waals surface area contributed by atoms with Crippen LogP contribution in [0.25, 0.3) is 4.83 Å². The minimum Gasteiger partial charge on any atom is -0.267 e. The van der Waals surface area contributed by atoms with Crippen molar-refractivity contribution in [3.63, 3.8) is 0 Å². The summed E-state index contributed by atoms with van der Waals surface area (Å²) in [5.41, 5.74) is -0.124. The smallest absolute Gasteiger partial charge is 0.267 e. The second kappa shape index (κ2) is 2.93. The Morgan fingerprint density at radius 1 is 1.42 bits per heavy atom. The number of hydrogen-bond donors (Lipinski definition) is 0. The fraction of sp³-hybridized carbons (Fsp3) is 0. The van der Waals surface area contributed by atoms with Crippen LogP contribution in [0.2, 0.25) is 0 Å². The van der Waals surface area contributed by atoms with E-state index in [-0.39, 0.29) is 5.56 Å². The third-order valence-electron chi connectivity index (χ3n) is 1.31. The van der Waals surface area contributed by atoms with Crippen LogP contribution in [0.4, 0.5) is 0 Å². The molecule has 6 heteroatoms. The summed E-state index contributed by atoms with van der Waals surface area (Å²) in [5.74, 6) is 0. The largest absolute Gasteiger partial charge is 0.273 e. The van der Waals surface area contributed by atoms with Crippen LogP contribution in [0.5, 0.6) is 0 Å². The molecule has 2 aromatic rings. The normalized spacial score (nSPS) is 10.8. The molecule has 0 amide bonds. The monoisotopic (exact) mass is 308 g/mol. The van der Waals surface area contributed by atoms with Crippen LogP contribution >= 0.6 is 43.2 Å². The van der Waals surface area contributed by atoms with Gasteiger partial charge in [-0.05, 0) is 22.0 Å². The van der Waals surface area contributed by atoms with E-state index in [2.05, 4.69) is 37.0 Å². The summed E-state index contributed by atoms with van der Waals surface area (Å²) < 4.78 is 2.85. The Balaban J connectivity index is 2.98. The summed E-state index contributed by atoms with van der Waals surface area (Å²) in [4.78, 5) is 12.1. The number of halogens is 2. The first-order valence-corrected chi connectivity index (χ1v) is 5.42. The summed E-state index contributed by atoms with van der Waals surface area (Å²) in [7, 11) is 0. The first-order chi connectivity index (χ1) is 5.66. The maximum absolute atomic E-state index is 11.3. The lowest BCUT2D eigenvalue weighted by molar-refractivity contribution is 0.906. The molecule has 0 aliphatic carbocycles. The molecule has 3 nitrogen and oxygen atoms in total. The van der Waals surface area contributed by atoms with E-state index >= 15 is 0 Å². The van der Waals surface area contributed by atoms with E-state index in [1.54, 1.807) is 0 Å². The SMILES string of the molecule is O=c1cc(Br)cc2sc(Br)nn12. The molecule has 0 fully saturated rings. The van der Waals surface area contributed by atoms with E-state index in [0.29, 0.717) is 3.92 Å². The van der Waals surface area contributed by atoms with Gasteiger partial charge in [0.2, 0.25) is 0 Å². The summed E-state index contributed by atoms with van der Waals surface area (Å²) in [6, 6.07) is 3.34. The molecular weight excluding hydrogens is 308 g/mol. The van der Waals surface area contributed by atoms with Crippen molar-refractivity contribution in [2.45, 2.75) is 0 Å². The second-order valence-corrected chi connectivity index (χ2v) is 5.32. The van der Waals surface area contributed by atoms with Crippen molar-refractivity contribution in [1.82, 2.24) is 9.61 Å². The molecule has 0 aliphatic heterocycles. The van der Waals surface area contributed by atoms with Crippen LogP contribution in [0.3, 0.4) is 0 Å². The van der Waals surface area contributed by atoms with Gasteiger partial charge in [0, 0.05) is 10.5 Å². The second-order valence-electron chi connectivity index (χ2n) is 2.12. The summed E-state index contributed by atoms with van der Waals surface area (Å²) in [5, 5.41) is 3.97. The van der Waals surface area contributed by atoms with Crippen LogP contribution in [0, 0.1) is 0 Å². The molecule has 0 unspecified atom stereocenters. The van der Waals surface area contributed by atoms with Gasteiger partial charge >= 0.3 is 0 Å². The molecule has 0 saturated heterocycles. The minimum atomic E-state index is -0.124. The van der Waals surface area contributed by atoms with Gasteiger partial charge in [0.05, 0.1) is 0 Å². The molecule has 0 aliphatic rings. The van der Waals surface area contributed by atoms with Crippen molar-refractivity contribution in [1.29, 1.82) is 0 Å². The van der Waals surface area contributed by atoms with Gasteiger partial charge in [-0.2, -0.15) is 4.52 Å². The Labute approximate surface area is 88.3 Å². The maximum atomic E-state index is 11.3. The first kappa shape index (κ1) is 8.40. The summed E-state index contributed by atoms with van der Waals surface area (Å²) >= 11 is 7.88. The third kappa shape index (κ3) is 1.34. The fourth-order valence-electron chi connectivity index (χ4n) is 0.865. The van der Waals surface area contributed by atoms with Crippen molar-refractivity contribution in [3.8, 4) is 0 Å². The average molecular weight is 310 g/mol. The zero-order valence-electron chi connectivity index (χ0n) is 5.62. The molecular formula is C6H2Br2N2OS. The highest BCUT2D eigenvalue weighted by Crippen LogP contribution is 2.20. The van der Waals surface area contributed by atoms with Crippen molar-refractivity contribution in [2.24, 2.45) is 0 Å². The van der Waals surface area contributed by atoms with Crippen molar-refractivity contribution in [2.75, 3.05) is 0 Å². The Kier molecular flexibility index (Phi) is 2.05. The van der Waals surface area contributed by atoms with Crippen LogP contribution < -0.4 is 5.56 Å². The standard InChI is InChI=1S/C6H2Br2N2OS/c7-3-1-4(11)10-5(2-3)12-6(8)9-10/h1-2H. The van der Waals surface area contributed by atoms with E-state index in [4.69, 9.17) is 0 Å². The molecule has 0 atom stereocenters. The van der Waals surface area contributed by atoms with Crippen LogP contribution in [0.15, 0.2) is 25.3 Å². The number of nitrogens with zero attached hydrogens (tertiary/aromatic N) is 2. The molecule has 0 N–H and O–H groups in total. The molecule has 2 aromatic heterocycles. The van der Waals surface area contributed by atoms with Crippen molar-refractivity contribution >= 4 is 48.0 Å². The summed E-state index contributed by atoms with van der Waals surface area (Å²) in [6.07, 6.45) is 0. The Hall–Kier alpha value is -0.200. The van der Waals surface area contributed by atoms with Gasteiger partial charge in [-0.25, -0.2) is 0 Å². The Morgan fingerprint density at radius 3 is 2.92 bits per heavy atom. The van der Waals surface area contributed by atoms with Gasteiger partial charge in [0.25, 0.3) is 5.56 Å². The molecule has 0 saturated carbocycles. The lowest BCUT2D eigenvalue weighted by Gasteiger charge is -1.89. The highest BCUT2D eigenvalue weighted by atomic mass is 79.9. The number of pyridine rings is 1. The summed E-state index contributed by atoms with van der Waals surface area (Å²) in [6.45, 7) is 0. The van der Waals surface area contributed by atoms with Crippen LogP contribution in [-0.4, -0.2) is 9.61 Å². The van der Waals surface area contributed by atoms with Gasteiger partial charge in [0.1, 0.15) is 4.83 Å². The zero-order chi connectivity index (χ0) is 8.72. The molecule has 62 valence electrons.